The van der Waals surface area contributed by atoms with Gasteiger partial charge in [-0.1, -0.05) is 13.8 Å². The molecule has 3 N–H and O–H groups in total. The fourth-order valence-corrected chi connectivity index (χ4v) is 2.75. The Balaban J connectivity index is 2.12. The summed E-state index contributed by atoms with van der Waals surface area (Å²) in [6.07, 6.45) is 2.00. The monoisotopic (exact) mass is 266 g/mol. The molecule has 106 valence electrons. The van der Waals surface area contributed by atoms with E-state index in [4.69, 9.17) is 10.5 Å². The van der Waals surface area contributed by atoms with Crippen LogP contribution < -0.4 is 15.8 Å². The Morgan fingerprint density at radius 2 is 2.16 bits per heavy atom. The van der Waals surface area contributed by atoms with Crippen molar-refractivity contribution in [2.45, 2.75) is 32.2 Å². The van der Waals surface area contributed by atoms with Crippen molar-refractivity contribution < 1.29 is 9.13 Å². The van der Waals surface area contributed by atoms with Gasteiger partial charge in [-0.05, 0) is 36.8 Å². The van der Waals surface area contributed by atoms with Crippen molar-refractivity contribution in [3.8, 4) is 5.75 Å². The number of benzene rings is 1. The predicted octanol–water partition coefficient (Wildman–Crippen LogP) is 3.01. The first-order chi connectivity index (χ1) is 8.99. The van der Waals surface area contributed by atoms with Gasteiger partial charge in [-0.25, -0.2) is 4.39 Å². The molecule has 1 aromatic rings. The molecule has 0 bridgehead atoms. The Bertz CT molecular complexity index is 442. The van der Waals surface area contributed by atoms with E-state index in [1.54, 1.807) is 19.2 Å². The van der Waals surface area contributed by atoms with Gasteiger partial charge < -0.3 is 15.8 Å². The summed E-state index contributed by atoms with van der Waals surface area (Å²) in [6, 6.07) is 4.73. The zero-order valence-corrected chi connectivity index (χ0v) is 11.9. The molecule has 4 heteroatoms. The molecule has 0 spiro atoms. The van der Waals surface area contributed by atoms with Crippen LogP contribution in [0.2, 0.25) is 0 Å². The molecule has 2 rings (SSSR count). The van der Waals surface area contributed by atoms with Crippen molar-refractivity contribution in [2.75, 3.05) is 19.0 Å². The predicted molar refractivity (Wildman–Crippen MR) is 75.9 cm³/mol. The van der Waals surface area contributed by atoms with E-state index in [9.17, 15) is 4.39 Å². The quantitative estimate of drug-likeness (QED) is 0.861. The number of hydrogen-bond donors (Lipinski definition) is 2. The van der Waals surface area contributed by atoms with Crippen LogP contribution in [-0.4, -0.2) is 19.2 Å². The summed E-state index contributed by atoms with van der Waals surface area (Å²) in [6.45, 7) is 4.96. The van der Waals surface area contributed by atoms with Gasteiger partial charge in [0, 0.05) is 12.6 Å². The number of methoxy groups -OCH3 is 1. The van der Waals surface area contributed by atoms with Crippen LogP contribution in [0, 0.1) is 17.7 Å². The molecule has 0 atom stereocenters. The second-order valence-corrected chi connectivity index (χ2v) is 5.87. The van der Waals surface area contributed by atoms with Crippen LogP contribution in [0.25, 0.3) is 0 Å². The third-order valence-corrected chi connectivity index (χ3v) is 4.21. The molecular formula is C15H23FN2O. The van der Waals surface area contributed by atoms with Crippen molar-refractivity contribution in [1.82, 2.24) is 0 Å². The van der Waals surface area contributed by atoms with Gasteiger partial charge in [0.2, 0.25) is 0 Å². The molecule has 1 saturated carbocycles. The van der Waals surface area contributed by atoms with Crippen LogP contribution in [0.15, 0.2) is 18.2 Å². The van der Waals surface area contributed by atoms with Gasteiger partial charge in [0.1, 0.15) is 11.6 Å². The van der Waals surface area contributed by atoms with Crippen LogP contribution in [-0.2, 0) is 0 Å². The third-order valence-electron chi connectivity index (χ3n) is 4.21. The molecule has 1 aromatic carbocycles. The lowest BCUT2D eigenvalue weighted by molar-refractivity contribution is 0.129. The van der Waals surface area contributed by atoms with Gasteiger partial charge >= 0.3 is 0 Å². The van der Waals surface area contributed by atoms with Crippen molar-refractivity contribution >= 4 is 5.69 Å². The summed E-state index contributed by atoms with van der Waals surface area (Å²) >= 11 is 0. The summed E-state index contributed by atoms with van der Waals surface area (Å²) in [5.41, 5.74) is 6.20. The molecule has 0 unspecified atom stereocenters. The van der Waals surface area contributed by atoms with E-state index in [0.717, 1.165) is 12.8 Å². The fraction of sp³-hybridized carbons (Fsp3) is 0.600. The average molecular weight is 266 g/mol. The Morgan fingerprint density at radius 3 is 2.68 bits per heavy atom. The summed E-state index contributed by atoms with van der Waals surface area (Å²) in [7, 11) is 1.58. The minimum Gasteiger partial charge on any atom is -0.497 e. The van der Waals surface area contributed by atoms with Crippen LogP contribution in [0.1, 0.15) is 26.7 Å². The Morgan fingerprint density at radius 1 is 1.47 bits per heavy atom. The van der Waals surface area contributed by atoms with Crippen LogP contribution in [0.4, 0.5) is 10.1 Å². The topological polar surface area (TPSA) is 47.3 Å². The number of hydrogen-bond acceptors (Lipinski definition) is 3. The fourth-order valence-electron chi connectivity index (χ4n) is 2.75. The van der Waals surface area contributed by atoms with Gasteiger partial charge in [-0.2, -0.15) is 0 Å². The first-order valence-electron chi connectivity index (χ1n) is 6.81. The highest BCUT2D eigenvalue weighted by Gasteiger charge is 2.44. The van der Waals surface area contributed by atoms with Gasteiger partial charge in [0.25, 0.3) is 0 Å². The van der Waals surface area contributed by atoms with Gasteiger partial charge in [-0.15, -0.1) is 0 Å². The van der Waals surface area contributed by atoms with Crippen molar-refractivity contribution in [3.05, 3.63) is 24.0 Å². The standard InChI is InChI=1S/C15H23FN2O/c1-10(2)11-7-15(8-11,9-17)18-14-6-12(19-3)4-5-13(14)16/h4-6,10-11,18H,7-9,17H2,1-3H3. The zero-order valence-electron chi connectivity index (χ0n) is 11.9. The van der Waals surface area contributed by atoms with E-state index < -0.39 is 0 Å². The van der Waals surface area contributed by atoms with E-state index in [0.29, 0.717) is 29.8 Å². The Hall–Kier alpha value is -1.29. The van der Waals surface area contributed by atoms with Crippen molar-refractivity contribution in [1.29, 1.82) is 0 Å². The number of nitrogens with one attached hydrogen (secondary N) is 1. The lowest BCUT2D eigenvalue weighted by atomic mass is 9.64. The molecule has 0 saturated heterocycles. The molecule has 1 aliphatic carbocycles. The second kappa shape index (κ2) is 5.37. The van der Waals surface area contributed by atoms with E-state index in [2.05, 4.69) is 19.2 Å². The van der Waals surface area contributed by atoms with E-state index >= 15 is 0 Å². The molecular weight excluding hydrogens is 243 g/mol. The molecule has 0 aliphatic heterocycles. The van der Waals surface area contributed by atoms with Crippen LogP contribution in [0.3, 0.4) is 0 Å². The van der Waals surface area contributed by atoms with E-state index in [-0.39, 0.29) is 11.4 Å². The molecule has 0 heterocycles. The largest absolute Gasteiger partial charge is 0.497 e. The highest BCUT2D eigenvalue weighted by atomic mass is 19.1. The smallest absolute Gasteiger partial charge is 0.146 e. The van der Waals surface area contributed by atoms with Crippen molar-refractivity contribution in [3.63, 3.8) is 0 Å². The summed E-state index contributed by atoms with van der Waals surface area (Å²) in [5.74, 6) is 1.71. The van der Waals surface area contributed by atoms with Crippen molar-refractivity contribution in [2.24, 2.45) is 17.6 Å². The van der Waals surface area contributed by atoms with Gasteiger partial charge in [0.05, 0.1) is 18.3 Å². The third kappa shape index (κ3) is 2.84. The lowest BCUT2D eigenvalue weighted by Crippen LogP contribution is -2.56. The molecule has 0 aromatic heterocycles. The van der Waals surface area contributed by atoms with Gasteiger partial charge in [0.15, 0.2) is 0 Å². The number of anilines is 1. The molecule has 0 radical (unpaired) electrons. The van der Waals surface area contributed by atoms with Crippen LogP contribution in [0.5, 0.6) is 5.75 Å². The molecule has 0 amide bonds. The highest BCUT2D eigenvalue weighted by molar-refractivity contribution is 5.52. The first kappa shape index (κ1) is 14.1. The summed E-state index contributed by atoms with van der Waals surface area (Å²) in [4.78, 5) is 0. The molecule has 19 heavy (non-hydrogen) atoms. The Labute approximate surface area is 114 Å². The SMILES string of the molecule is COc1ccc(F)c(NC2(CN)CC(C(C)C)C2)c1. The Kier molecular flexibility index (Phi) is 3.99. The number of ether oxygens (including phenoxy) is 1. The second-order valence-electron chi connectivity index (χ2n) is 5.87. The number of halogens is 1. The normalized spacial score (nSPS) is 26.1. The molecule has 3 nitrogen and oxygen atoms in total. The maximum atomic E-state index is 13.8. The van der Waals surface area contributed by atoms with Gasteiger partial charge in [-0.3, -0.25) is 0 Å². The maximum Gasteiger partial charge on any atom is 0.146 e. The maximum absolute atomic E-state index is 13.8. The average Bonchev–Trinajstić information content (AvgIpc) is 2.35. The number of rotatable bonds is 5. The minimum atomic E-state index is -0.262. The zero-order chi connectivity index (χ0) is 14.0. The van der Waals surface area contributed by atoms with Crippen LogP contribution >= 0.6 is 0 Å². The lowest BCUT2D eigenvalue weighted by Gasteiger charge is -2.50. The number of nitrogens with two attached hydrogens (primary N) is 1. The van der Waals surface area contributed by atoms with E-state index in [1.165, 1.54) is 6.07 Å². The first-order valence-corrected chi connectivity index (χ1v) is 6.81. The molecule has 1 aliphatic rings. The summed E-state index contributed by atoms with van der Waals surface area (Å²) < 4.78 is 19.0. The minimum absolute atomic E-state index is 0.165. The van der Waals surface area contributed by atoms with E-state index in [1.807, 2.05) is 0 Å². The highest BCUT2D eigenvalue weighted by Crippen LogP contribution is 2.44. The molecule has 1 fully saturated rings. The summed E-state index contributed by atoms with van der Waals surface area (Å²) in [5, 5.41) is 3.29.